The first-order valence-electron chi connectivity index (χ1n) is 7.53. The zero-order chi connectivity index (χ0) is 13.8. The molecule has 1 saturated heterocycles. The summed E-state index contributed by atoms with van der Waals surface area (Å²) in [5.74, 6) is 1.56. The van der Waals surface area contributed by atoms with Crippen molar-refractivity contribution in [3.05, 3.63) is 29.8 Å². The highest BCUT2D eigenvalue weighted by molar-refractivity contribution is 5.39. The van der Waals surface area contributed by atoms with Crippen LogP contribution in [-0.2, 0) is 4.74 Å². The van der Waals surface area contributed by atoms with Crippen molar-refractivity contribution >= 4 is 0 Å². The molecule has 20 heavy (non-hydrogen) atoms. The van der Waals surface area contributed by atoms with Gasteiger partial charge in [-0.05, 0) is 18.9 Å². The summed E-state index contributed by atoms with van der Waals surface area (Å²) < 4.78 is 11.4. The largest absolute Gasteiger partial charge is 0.493 e. The van der Waals surface area contributed by atoms with Crippen LogP contribution < -0.4 is 4.74 Å². The number of aliphatic hydroxyl groups is 1. The smallest absolute Gasteiger partial charge is 0.122 e. The number of hydrogen-bond acceptors (Lipinski definition) is 4. The second-order valence-electron chi connectivity index (χ2n) is 5.64. The summed E-state index contributed by atoms with van der Waals surface area (Å²) >= 11 is 0. The summed E-state index contributed by atoms with van der Waals surface area (Å²) in [6.07, 6.45) is 2.45. The average molecular weight is 277 g/mol. The van der Waals surface area contributed by atoms with Gasteiger partial charge >= 0.3 is 0 Å². The maximum Gasteiger partial charge on any atom is 0.122 e. The lowest BCUT2D eigenvalue weighted by Crippen LogP contribution is -2.39. The molecule has 110 valence electrons. The molecule has 0 saturated carbocycles. The molecule has 4 nitrogen and oxygen atoms in total. The van der Waals surface area contributed by atoms with Crippen molar-refractivity contribution in [2.24, 2.45) is 0 Å². The van der Waals surface area contributed by atoms with E-state index in [1.54, 1.807) is 0 Å². The second-order valence-corrected chi connectivity index (χ2v) is 5.64. The van der Waals surface area contributed by atoms with Crippen LogP contribution in [-0.4, -0.2) is 55.6 Å². The molecule has 0 bridgehead atoms. The Kier molecular flexibility index (Phi) is 4.55. The monoisotopic (exact) mass is 277 g/mol. The Balaban J connectivity index is 1.49. The fourth-order valence-corrected chi connectivity index (χ4v) is 3.17. The topological polar surface area (TPSA) is 41.9 Å². The summed E-state index contributed by atoms with van der Waals surface area (Å²) in [6.45, 7) is 4.62. The predicted molar refractivity (Wildman–Crippen MR) is 77.2 cm³/mol. The van der Waals surface area contributed by atoms with Crippen LogP contribution in [0.4, 0.5) is 0 Å². The zero-order valence-corrected chi connectivity index (χ0v) is 11.8. The van der Waals surface area contributed by atoms with Gasteiger partial charge in [-0.1, -0.05) is 18.2 Å². The Hall–Kier alpha value is -1.10. The van der Waals surface area contributed by atoms with Gasteiger partial charge in [0.25, 0.3) is 0 Å². The maximum absolute atomic E-state index is 8.78. The van der Waals surface area contributed by atoms with Crippen LogP contribution >= 0.6 is 0 Å². The van der Waals surface area contributed by atoms with E-state index in [1.807, 2.05) is 6.07 Å². The highest BCUT2D eigenvalue weighted by Crippen LogP contribution is 2.34. The quantitative estimate of drug-likeness (QED) is 0.888. The molecular formula is C16H23NO3. The average Bonchev–Trinajstić information content (AvgIpc) is 2.90. The van der Waals surface area contributed by atoms with Crippen LogP contribution in [0.3, 0.4) is 0 Å². The van der Waals surface area contributed by atoms with Crippen molar-refractivity contribution in [3.63, 3.8) is 0 Å². The van der Waals surface area contributed by atoms with Crippen molar-refractivity contribution in [1.82, 2.24) is 4.90 Å². The molecule has 4 heteroatoms. The van der Waals surface area contributed by atoms with Gasteiger partial charge in [-0.3, -0.25) is 0 Å². The van der Waals surface area contributed by atoms with Crippen molar-refractivity contribution in [2.75, 3.05) is 39.5 Å². The standard InChI is InChI=1S/C16H23NO3/c18-9-10-19-14-5-7-17(8-6-14)11-13-12-20-16-4-2-1-3-15(13)16/h1-4,13-14,18H,5-12H2. The molecule has 0 amide bonds. The third-order valence-corrected chi connectivity index (χ3v) is 4.26. The van der Waals surface area contributed by atoms with Crippen LogP contribution in [0.5, 0.6) is 5.75 Å². The molecule has 0 spiro atoms. The summed E-state index contributed by atoms with van der Waals surface area (Å²) in [7, 11) is 0. The van der Waals surface area contributed by atoms with Crippen LogP contribution in [0.15, 0.2) is 24.3 Å². The van der Waals surface area contributed by atoms with E-state index in [0.717, 1.165) is 44.8 Å². The Morgan fingerprint density at radius 2 is 2.05 bits per heavy atom. The lowest BCUT2D eigenvalue weighted by molar-refractivity contribution is -0.00876. The lowest BCUT2D eigenvalue weighted by atomic mass is 9.99. The Labute approximate surface area is 120 Å². The maximum atomic E-state index is 8.78. The predicted octanol–water partition coefficient (Wildman–Crippen LogP) is 1.64. The number of benzene rings is 1. The molecule has 1 aromatic carbocycles. The van der Waals surface area contributed by atoms with Crippen LogP contribution in [0.2, 0.25) is 0 Å². The minimum absolute atomic E-state index is 0.121. The molecule has 2 heterocycles. The van der Waals surface area contributed by atoms with E-state index in [0.29, 0.717) is 18.6 Å². The Bertz CT molecular complexity index is 429. The van der Waals surface area contributed by atoms with Crippen molar-refractivity contribution in [3.8, 4) is 5.75 Å². The third kappa shape index (κ3) is 3.14. The van der Waals surface area contributed by atoms with Gasteiger partial charge in [-0.2, -0.15) is 0 Å². The number of aliphatic hydroxyl groups excluding tert-OH is 1. The first kappa shape index (κ1) is 13.9. The van der Waals surface area contributed by atoms with Gasteiger partial charge in [0.1, 0.15) is 5.75 Å². The van der Waals surface area contributed by atoms with Crippen molar-refractivity contribution in [1.29, 1.82) is 0 Å². The number of likely N-dealkylation sites (tertiary alicyclic amines) is 1. The van der Waals surface area contributed by atoms with Crippen LogP contribution in [0, 0.1) is 0 Å². The van der Waals surface area contributed by atoms with Gasteiger partial charge in [0, 0.05) is 31.1 Å². The molecule has 1 atom stereocenters. The Morgan fingerprint density at radius 1 is 1.25 bits per heavy atom. The summed E-state index contributed by atoms with van der Waals surface area (Å²) in [5, 5.41) is 8.78. The van der Waals surface area contributed by atoms with Crippen LogP contribution in [0.1, 0.15) is 24.3 Å². The summed E-state index contributed by atoms with van der Waals surface area (Å²) in [4.78, 5) is 2.51. The SMILES string of the molecule is OCCOC1CCN(CC2COc3ccccc32)CC1. The minimum atomic E-state index is 0.121. The number of fused-ring (bicyclic) bond motifs is 1. The number of piperidine rings is 1. The molecule has 1 N–H and O–H groups in total. The highest BCUT2D eigenvalue weighted by Gasteiger charge is 2.27. The summed E-state index contributed by atoms with van der Waals surface area (Å²) in [6, 6.07) is 8.37. The second kappa shape index (κ2) is 6.57. The lowest BCUT2D eigenvalue weighted by Gasteiger charge is -2.33. The molecular weight excluding hydrogens is 254 g/mol. The van der Waals surface area contributed by atoms with Crippen LogP contribution in [0.25, 0.3) is 0 Å². The van der Waals surface area contributed by atoms with E-state index in [9.17, 15) is 0 Å². The highest BCUT2D eigenvalue weighted by atomic mass is 16.5. The molecule has 1 fully saturated rings. The summed E-state index contributed by atoms with van der Waals surface area (Å²) in [5.41, 5.74) is 1.35. The van der Waals surface area contributed by atoms with E-state index < -0.39 is 0 Å². The number of ether oxygens (including phenoxy) is 2. The van der Waals surface area contributed by atoms with Gasteiger partial charge in [0.2, 0.25) is 0 Å². The third-order valence-electron chi connectivity index (χ3n) is 4.26. The minimum Gasteiger partial charge on any atom is -0.493 e. The molecule has 2 aliphatic heterocycles. The number of nitrogens with zero attached hydrogens (tertiary/aromatic N) is 1. The molecule has 0 radical (unpaired) electrons. The first-order chi connectivity index (χ1) is 9.86. The van der Waals surface area contributed by atoms with E-state index in [-0.39, 0.29) is 6.61 Å². The van der Waals surface area contributed by atoms with Gasteiger partial charge in [0.05, 0.1) is 25.9 Å². The molecule has 1 unspecified atom stereocenters. The van der Waals surface area contributed by atoms with Gasteiger partial charge in [0.15, 0.2) is 0 Å². The zero-order valence-electron chi connectivity index (χ0n) is 11.8. The molecule has 1 aromatic rings. The Morgan fingerprint density at radius 3 is 2.85 bits per heavy atom. The molecule has 3 rings (SSSR count). The normalized spacial score (nSPS) is 23.6. The van der Waals surface area contributed by atoms with E-state index >= 15 is 0 Å². The fraction of sp³-hybridized carbons (Fsp3) is 0.625. The van der Waals surface area contributed by atoms with E-state index in [4.69, 9.17) is 14.6 Å². The molecule has 2 aliphatic rings. The molecule has 0 aromatic heterocycles. The van der Waals surface area contributed by atoms with E-state index in [1.165, 1.54) is 5.56 Å². The fourth-order valence-electron chi connectivity index (χ4n) is 3.17. The molecule has 0 aliphatic carbocycles. The van der Waals surface area contributed by atoms with Crippen molar-refractivity contribution < 1.29 is 14.6 Å². The first-order valence-corrected chi connectivity index (χ1v) is 7.53. The van der Waals surface area contributed by atoms with Crippen molar-refractivity contribution in [2.45, 2.75) is 24.9 Å². The number of hydrogen-bond donors (Lipinski definition) is 1. The van der Waals surface area contributed by atoms with Gasteiger partial charge < -0.3 is 19.5 Å². The van der Waals surface area contributed by atoms with Gasteiger partial charge in [-0.25, -0.2) is 0 Å². The number of rotatable bonds is 5. The van der Waals surface area contributed by atoms with Gasteiger partial charge in [-0.15, -0.1) is 0 Å². The van der Waals surface area contributed by atoms with E-state index in [2.05, 4.69) is 23.1 Å². The number of para-hydroxylation sites is 1.